The number of hydrogen-bond acceptors (Lipinski definition) is 9. The van der Waals surface area contributed by atoms with Gasteiger partial charge < -0.3 is 24.6 Å². The van der Waals surface area contributed by atoms with Crippen molar-refractivity contribution < 1.29 is 43.0 Å². The molecule has 6 atom stereocenters. The van der Waals surface area contributed by atoms with Gasteiger partial charge in [0.25, 0.3) is 5.76 Å². The smallest absolute Gasteiger partial charge is 0.505 e. The van der Waals surface area contributed by atoms with Crippen molar-refractivity contribution in [3.63, 3.8) is 0 Å². The highest BCUT2D eigenvalue weighted by Crippen LogP contribution is 2.57. The third kappa shape index (κ3) is 15.0. The average molecular weight is 649 g/mol. The Balaban J connectivity index is 3.18. The number of unbranched alkanes of at least 4 members (excludes halogenated alkanes) is 12. The molecule has 0 aromatic rings. The summed E-state index contributed by atoms with van der Waals surface area (Å²) >= 11 is 0. The molecule has 0 fully saturated rings. The molecule has 5 unspecified atom stereocenters. The van der Waals surface area contributed by atoms with Crippen molar-refractivity contribution in [2.45, 2.75) is 182 Å². The highest BCUT2D eigenvalue weighted by molar-refractivity contribution is 7.48. The van der Waals surface area contributed by atoms with E-state index in [1.165, 1.54) is 51.4 Å². The first-order chi connectivity index (χ1) is 21.1. The average Bonchev–Trinajstić information content (AvgIpc) is 3.29. The lowest BCUT2D eigenvalue weighted by Crippen LogP contribution is -2.31. The van der Waals surface area contributed by atoms with Crippen molar-refractivity contribution in [2.24, 2.45) is 11.8 Å². The minimum absolute atomic E-state index is 0.0443. The van der Waals surface area contributed by atoms with E-state index < -0.39 is 56.3 Å². The van der Waals surface area contributed by atoms with Crippen molar-refractivity contribution >= 4 is 13.8 Å². The monoisotopic (exact) mass is 648 g/mol. The molecule has 0 aliphatic carbocycles. The first-order valence-corrected chi connectivity index (χ1v) is 19.1. The normalized spacial score (nSPS) is 20.2. The fourth-order valence-corrected chi connectivity index (χ4v) is 7.24. The maximum absolute atomic E-state index is 14.6. The zero-order chi connectivity index (χ0) is 33.0. The maximum Gasteiger partial charge on any atom is 0.531 e. The third-order valence-electron chi connectivity index (χ3n) is 8.93. The van der Waals surface area contributed by atoms with E-state index in [2.05, 4.69) is 13.8 Å². The molecule has 0 saturated heterocycles. The van der Waals surface area contributed by atoms with Gasteiger partial charge in [0, 0.05) is 0 Å². The Labute approximate surface area is 268 Å². The first kappa shape index (κ1) is 40.9. The molecule has 1 heterocycles. The third-order valence-corrected chi connectivity index (χ3v) is 10.4. The SMILES string of the molecule is CCCCCCCCCC(OP(=O)(OC1=C(O)[C@@H](C(O)CO)OC1=O)OC(CCCCCCCCC)C(C)CC)C(C)CC. The predicted molar refractivity (Wildman–Crippen MR) is 175 cm³/mol. The van der Waals surface area contributed by atoms with Crippen LogP contribution in [0.4, 0.5) is 0 Å². The molecule has 0 aromatic heterocycles. The fraction of sp³-hybridized carbons (Fsp3) is 0.912. The maximum atomic E-state index is 14.6. The molecule has 0 aromatic carbocycles. The van der Waals surface area contributed by atoms with Crippen molar-refractivity contribution in [1.29, 1.82) is 0 Å². The quantitative estimate of drug-likeness (QED) is 0.0431. The van der Waals surface area contributed by atoms with Crippen LogP contribution in [-0.2, 0) is 27.7 Å². The Hall–Kier alpha value is -1.12. The number of ether oxygens (including phenoxy) is 1. The van der Waals surface area contributed by atoms with Gasteiger partial charge in [-0.2, -0.15) is 0 Å². The number of phosphoric ester groups is 1. The van der Waals surface area contributed by atoms with E-state index in [1.54, 1.807) is 0 Å². The molecule has 1 aliphatic rings. The molecule has 0 radical (unpaired) electrons. The Bertz CT molecular complexity index is 811. The van der Waals surface area contributed by atoms with Gasteiger partial charge in [0.05, 0.1) is 18.8 Å². The molecule has 0 saturated carbocycles. The van der Waals surface area contributed by atoms with Crippen molar-refractivity contribution in [2.75, 3.05) is 6.61 Å². The van der Waals surface area contributed by atoms with Gasteiger partial charge in [0.15, 0.2) is 11.9 Å². The second kappa shape index (κ2) is 23.2. The van der Waals surface area contributed by atoms with Gasteiger partial charge in [0.2, 0.25) is 0 Å². The molecule has 3 N–H and O–H groups in total. The van der Waals surface area contributed by atoms with Gasteiger partial charge >= 0.3 is 13.8 Å². The number of aliphatic hydroxyl groups is 3. The number of cyclic esters (lactones) is 1. The van der Waals surface area contributed by atoms with Crippen molar-refractivity contribution in [3.05, 3.63) is 11.5 Å². The van der Waals surface area contributed by atoms with Gasteiger partial charge in [-0.25, -0.2) is 9.36 Å². The Morgan fingerprint density at radius 2 is 1.16 bits per heavy atom. The van der Waals surface area contributed by atoms with E-state index in [1.807, 2.05) is 27.7 Å². The number of phosphoric acid groups is 1. The first-order valence-electron chi connectivity index (χ1n) is 17.7. The second-order valence-corrected chi connectivity index (χ2v) is 14.2. The van der Waals surface area contributed by atoms with Crippen LogP contribution in [0.25, 0.3) is 0 Å². The lowest BCUT2D eigenvalue weighted by atomic mass is 9.96. The number of rotatable bonds is 28. The molecule has 1 aliphatic heterocycles. The topological polar surface area (TPSA) is 132 Å². The largest absolute Gasteiger partial charge is 0.531 e. The van der Waals surface area contributed by atoms with Crippen LogP contribution in [0, 0.1) is 11.8 Å². The summed E-state index contributed by atoms with van der Waals surface area (Å²) in [6.45, 7) is 11.8. The number of aliphatic hydroxyl groups excluding tert-OH is 3. The summed E-state index contributed by atoms with van der Waals surface area (Å²) in [6.07, 6.45) is 14.8. The van der Waals surface area contributed by atoms with E-state index in [9.17, 15) is 24.7 Å². The lowest BCUT2D eigenvalue weighted by Gasteiger charge is -2.31. The molecular formula is C34H65O9P. The van der Waals surface area contributed by atoms with Crippen molar-refractivity contribution in [3.8, 4) is 0 Å². The van der Waals surface area contributed by atoms with Crippen molar-refractivity contribution in [1.82, 2.24) is 0 Å². The van der Waals surface area contributed by atoms with Crippen LogP contribution in [0.1, 0.15) is 157 Å². The number of esters is 1. The number of carbonyl (C=O) groups is 1. The van der Waals surface area contributed by atoms with E-state index >= 15 is 0 Å². The zero-order valence-electron chi connectivity index (χ0n) is 28.6. The zero-order valence-corrected chi connectivity index (χ0v) is 29.5. The Kier molecular flexibility index (Phi) is 21.6. The van der Waals surface area contributed by atoms with E-state index in [4.69, 9.17) is 18.3 Å². The molecule has 260 valence electrons. The van der Waals surface area contributed by atoms with Crippen LogP contribution in [-0.4, -0.2) is 52.3 Å². The standard InChI is InChI=1S/C34H65O9P/c1-7-11-13-15-17-19-21-23-29(26(5)9-3)41-44(39,43-33-31(37)32(28(36)25-35)40-34(33)38)42-30(27(6)10-4)24-22-20-18-16-14-12-8-2/h26-30,32,35-37H,7-25H2,1-6H3/t26?,27?,28?,29?,30?,32-,44?/m1/s1. The second-order valence-electron chi connectivity index (χ2n) is 12.7. The molecule has 0 amide bonds. The highest BCUT2D eigenvalue weighted by atomic mass is 31.2. The van der Waals surface area contributed by atoms with E-state index in [0.717, 1.165) is 51.4 Å². The minimum atomic E-state index is -4.46. The fourth-order valence-electron chi connectivity index (χ4n) is 5.42. The Morgan fingerprint density at radius 3 is 1.55 bits per heavy atom. The summed E-state index contributed by atoms with van der Waals surface area (Å²) in [4.78, 5) is 12.7. The lowest BCUT2D eigenvalue weighted by molar-refractivity contribution is -0.147. The summed E-state index contributed by atoms with van der Waals surface area (Å²) in [5.41, 5.74) is 0. The van der Waals surface area contributed by atoms with Crippen LogP contribution in [0.15, 0.2) is 11.5 Å². The summed E-state index contributed by atoms with van der Waals surface area (Å²) in [6, 6.07) is 0. The summed E-state index contributed by atoms with van der Waals surface area (Å²) < 4.78 is 37.8. The van der Waals surface area contributed by atoms with E-state index in [-0.39, 0.29) is 11.8 Å². The van der Waals surface area contributed by atoms with Crippen LogP contribution in [0.3, 0.4) is 0 Å². The van der Waals surface area contributed by atoms with Crippen LogP contribution in [0.2, 0.25) is 0 Å². The highest BCUT2D eigenvalue weighted by Gasteiger charge is 2.46. The molecule has 10 heteroatoms. The van der Waals surface area contributed by atoms with Gasteiger partial charge in [-0.05, 0) is 24.7 Å². The van der Waals surface area contributed by atoms with Crippen LogP contribution < -0.4 is 0 Å². The number of hydrogen-bond donors (Lipinski definition) is 3. The van der Waals surface area contributed by atoms with Gasteiger partial charge in [-0.15, -0.1) is 0 Å². The van der Waals surface area contributed by atoms with Gasteiger partial charge in [-0.3, -0.25) is 9.05 Å². The predicted octanol–water partition coefficient (Wildman–Crippen LogP) is 9.30. The number of carbonyl (C=O) groups excluding carboxylic acids is 1. The molecular weight excluding hydrogens is 583 g/mol. The molecule has 9 nitrogen and oxygen atoms in total. The van der Waals surface area contributed by atoms with Crippen LogP contribution in [0.5, 0.6) is 0 Å². The van der Waals surface area contributed by atoms with Gasteiger partial charge in [0.1, 0.15) is 6.10 Å². The minimum Gasteiger partial charge on any atom is -0.505 e. The summed E-state index contributed by atoms with van der Waals surface area (Å²) in [7, 11) is -4.46. The van der Waals surface area contributed by atoms with Crippen LogP contribution >= 0.6 is 7.82 Å². The molecule has 44 heavy (non-hydrogen) atoms. The molecule has 0 bridgehead atoms. The van der Waals surface area contributed by atoms with Gasteiger partial charge in [-0.1, -0.05) is 144 Å². The van der Waals surface area contributed by atoms with E-state index in [0.29, 0.717) is 12.8 Å². The molecule has 1 rings (SSSR count). The Morgan fingerprint density at radius 1 is 0.750 bits per heavy atom. The summed E-state index contributed by atoms with van der Waals surface area (Å²) in [5.74, 6) is -2.44. The molecule has 0 spiro atoms. The summed E-state index contributed by atoms with van der Waals surface area (Å²) in [5, 5.41) is 30.1.